The minimum absolute atomic E-state index is 0.0204. The van der Waals surface area contributed by atoms with Crippen molar-refractivity contribution in [3.8, 4) is 0 Å². The first kappa shape index (κ1) is 13.2. The minimum Gasteiger partial charge on any atom is -0.392 e. The van der Waals surface area contributed by atoms with Crippen LogP contribution in [0.2, 0.25) is 0 Å². The normalized spacial score (nSPS) is 10.7. The number of nitro groups is 1. The van der Waals surface area contributed by atoms with Gasteiger partial charge >= 0.3 is 0 Å². The van der Waals surface area contributed by atoms with E-state index < -0.39 is 0 Å². The van der Waals surface area contributed by atoms with Crippen molar-refractivity contribution >= 4 is 5.69 Å². The van der Waals surface area contributed by atoms with Crippen LogP contribution < -0.4 is 0 Å². The molecule has 0 saturated heterocycles. The third-order valence-corrected chi connectivity index (χ3v) is 3.08. The standard InChI is InChI=1S/C13H15N3O3/c1-9-5-14-12(10(2)13(9)16(18)19)7-15-4-3-11(6-15)8-17/h3-6,17H,7-8H2,1-2H3. The van der Waals surface area contributed by atoms with Crippen LogP contribution in [0.5, 0.6) is 0 Å². The van der Waals surface area contributed by atoms with E-state index in [0.717, 1.165) is 5.56 Å². The molecule has 100 valence electrons. The third-order valence-electron chi connectivity index (χ3n) is 3.08. The van der Waals surface area contributed by atoms with Gasteiger partial charge in [-0.25, -0.2) is 0 Å². The molecule has 2 aromatic rings. The van der Waals surface area contributed by atoms with Gasteiger partial charge in [-0.3, -0.25) is 15.1 Å². The van der Waals surface area contributed by atoms with Crippen molar-refractivity contribution in [2.75, 3.05) is 0 Å². The molecule has 0 aliphatic heterocycles. The van der Waals surface area contributed by atoms with Gasteiger partial charge in [0.1, 0.15) is 0 Å². The van der Waals surface area contributed by atoms with Gasteiger partial charge in [0.25, 0.3) is 5.69 Å². The minimum atomic E-state index is -0.370. The topological polar surface area (TPSA) is 81.2 Å². The molecule has 6 heteroatoms. The van der Waals surface area contributed by atoms with Gasteiger partial charge in [-0.15, -0.1) is 0 Å². The molecule has 0 amide bonds. The predicted molar refractivity (Wildman–Crippen MR) is 69.8 cm³/mol. The summed E-state index contributed by atoms with van der Waals surface area (Å²) in [6.45, 7) is 3.83. The molecule has 2 heterocycles. The Morgan fingerprint density at radius 1 is 1.47 bits per heavy atom. The lowest BCUT2D eigenvalue weighted by Crippen LogP contribution is -2.06. The highest BCUT2D eigenvalue weighted by molar-refractivity contribution is 5.47. The van der Waals surface area contributed by atoms with Crippen molar-refractivity contribution in [3.05, 3.63) is 57.2 Å². The molecule has 0 unspecified atom stereocenters. The second-order valence-corrected chi connectivity index (χ2v) is 4.47. The first-order chi connectivity index (χ1) is 9.02. The smallest absolute Gasteiger partial charge is 0.278 e. The number of aliphatic hydroxyl groups excluding tert-OH is 1. The maximum absolute atomic E-state index is 11.0. The first-order valence-electron chi connectivity index (χ1n) is 5.88. The van der Waals surface area contributed by atoms with Crippen molar-refractivity contribution < 1.29 is 10.0 Å². The highest BCUT2D eigenvalue weighted by Crippen LogP contribution is 2.24. The molecular weight excluding hydrogens is 246 g/mol. The summed E-state index contributed by atoms with van der Waals surface area (Å²) in [5.74, 6) is 0. The summed E-state index contributed by atoms with van der Waals surface area (Å²) in [6.07, 6.45) is 5.14. The summed E-state index contributed by atoms with van der Waals surface area (Å²) in [4.78, 5) is 14.9. The fourth-order valence-corrected chi connectivity index (χ4v) is 2.06. The molecule has 0 saturated carbocycles. The number of aryl methyl sites for hydroxylation is 1. The average molecular weight is 261 g/mol. The molecule has 0 radical (unpaired) electrons. The van der Waals surface area contributed by atoms with Crippen LogP contribution in [-0.2, 0) is 13.2 Å². The lowest BCUT2D eigenvalue weighted by atomic mass is 10.1. The molecule has 0 fully saturated rings. The highest BCUT2D eigenvalue weighted by Gasteiger charge is 2.18. The van der Waals surface area contributed by atoms with Crippen LogP contribution in [0.3, 0.4) is 0 Å². The van der Waals surface area contributed by atoms with Gasteiger partial charge in [-0.2, -0.15) is 0 Å². The molecule has 0 atom stereocenters. The Morgan fingerprint density at radius 2 is 2.21 bits per heavy atom. The number of aliphatic hydroxyl groups is 1. The van der Waals surface area contributed by atoms with Gasteiger partial charge in [0, 0.05) is 24.2 Å². The number of hydrogen-bond acceptors (Lipinski definition) is 4. The van der Waals surface area contributed by atoms with E-state index in [1.54, 1.807) is 26.1 Å². The maximum atomic E-state index is 11.0. The van der Waals surface area contributed by atoms with E-state index >= 15 is 0 Å². The summed E-state index contributed by atoms with van der Waals surface area (Å²) in [7, 11) is 0. The van der Waals surface area contributed by atoms with Crippen LogP contribution in [0.25, 0.3) is 0 Å². The zero-order chi connectivity index (χ0) is 14.0. The number of aromatic nitrogens is 2. The summed E-state index contributed by atoms with van der Waals surface area (Å²) in [5, 5.41) is 20.0. The summed E-state index contributed by atoms with van der Waals surface area (Å²) in [5.41, 5.74) is 2.75. The quantitative estimate of drug-likeness (QED) is 0.673. The van der Waals surface area contributed by atoms with E-state index in [2.05, 4.69) is 4.98 Å². The van der Waals surface area contributed by atoms with Crippen LogP contribution in [-0.4, -0.2) is 19.6 Å². The molecule has 1 N–H and O–H groups in total. The van der Waals surface area contributed by atoms with Crippen LogP contribution in [0.15, 0.2) is 24.7 Å². The molecule has 2 aromatic heterocycles. The van der Waals surface area contributed by atoms with Gasteiger partial charge < -0.3 is 9.67 Å². The fraction of sp³-hybridized carbons (Fsp3) is 0.308. The third kappa shape index (κ3) is 2.63. The molecule has 6 nitrogen and oxygen atoms in total. The van der Waals surface area contributed by atoms with Crippen molar-refractivity contribution in [3.63, 3.8) is 0 Å². The van der Waals surface area contributed by atoms with E-state index in [4.69, 9.17) is 5.11 Å². The summed E-state index contributed by atoms with van der Waals surface area (Å²) < 4.78 is 1.85. The molecule has 0 bridgehead atoms. The lowest BCUT2D eigenvalue weighted by Gasteiger charge is -2.08. The predicted octanol–water partition coefficient (Wildman–Crippen LogP) is 1.95. The number of rotatable bonds is 4. The van der Waals surface area contributed by atoms with Crippen molar-refractivity contribution in [2.45, 2.75) is 27.0 Å². The van der Waals surface area contributed by atoms with Crippen LogP contribution >= 0.6 is 0 Å². The Kier molecular flexibility index (Phi) is 3.62. The summed E-state index contributed by atoms with van der Waals surface area (Å²) in [6, 6.07) is 1.80. The van der Waals surface area contributed by atoms with Crippen molar-refractivity contribution in [2.24, 2.45) is 0 Å². The van der Waals surface area contributed by atoms with Gasteiger partial charge in [0.05, 0.1) is 29.3 Å². The van der Waals surface area contributed by atoms with Gasteiger partial charge in [0.2, 0.25) is 0 Å². The van der Waals surface area contributed by atoms with Gasteiger partial charge in [-0.05, 0) is 25.5 Å². The monoisotopic (exact) mass is 261 g/mol. The Labute approximate surface area is 110 Å². The number of pyridine rings is 1. The molecule has 0 spiro atoms. The van der Waals surface area contributed by atoms with E-state index in [9.17, 15) is 10.1 Å². The Hall–Kier alpha value is -2.21. The largest absolute Gasteiger partial charge is 0.392 e. The maximum Gasteiger partial charge on any atom is 0.278 e. The molecule has 0 aliphatic rings. The number of hydrogen-bond donors (Lipinski definition) is 1. The molecule has 0 aliphatic carbocycles. The number of nitrogens with zero attached hydrogens (tertiary/aromatic N) is 3. The fourth-order valence-electron chi connectivity index (χ4n) is 2.06. The van der Waals surface area contributed by atoms with E-state index in [1.807, 2.05) is 10.8 Å². The van der Waals surface area contributed by atoms with E-state index in [0.29, 0.717) is 23.4 Å². The molecule has 19 heavy (non-hydrogen) atoms. The average Bonchev–Trinajstić information content (AvgIpc) is 2.80. The van der Waals surface area contributed by atoms with Crippen molar-refractivity contribution in [1.29, 1.82) is 0 Å². The van der Waals surface area contributed by atoms with Crippen LogP contribution in [0.1, 0.15) is 22.4 Å². The van der Waals surface area contributed by atoms with Gasteiger partial charge in [-0.1, -0.05) is 0 Å². The molecule has 0 aromatic carbocycles. The highest BCUT2D eigenvalue weighted by atomic mass is 16.6. The van der Waals surface area contributed by atoms with E-state index in [-0.39, 0.29) is 17.2 Å². The van der Waals surface area contributed by atoms with Crippen LogP contribution in [0, 0.1) is 24.0 Å². The first-order valence-corrected chi connectivity index (χ1v) is 5.88. The zero-order valence-corrected chi connectivity index (χ0v) is 10.8. The Morgan fingerprint density at radius 3 is 2.79 bits per heavy atom. The zero-order valence-electron chi connectivity index (χ0n) is 10.8. The Bertz CT molecular complexity index is 620. The second-order valence-electron chi connectivity index (χ2n) is 4.47. The van der Waals surface area contributed by atoms with Crippen molar-refractivity contribution in [1.82, 2.24) is 9.55 Å². The van der Waals surface area contributed by atoms with Crippen LogP contribution in [0.4, 0.5) is 5.69 Å². The summed E-state index contributed by atoms with van der Waals surface area (Å²) >= 11 is 0. The Balaban J connectivity index is 2.35. The lowest BCUT2D eigenvalue weighted by molar-refractivity contribution is -0.386. The van der Waals surface area contributed by atoms with Gasteiger partial charge in [0.15, 0.2) is 0 Å². The van der Waals surface area contributed by atoms with E-state index in [1.165, 1.54) is 6.20 Å². The molecule has 2 rings (SSSR count). The SMILES string of the molecule is Cc1cnc(Cn2ccc(CO)c2)c(C)c1[N+](=O)[O-]. The molecular formula is C13H15N3O3. The second kappa shape index (κ2) is 5.19.